The van der Waals surface area contributed by atoms with Crippen molar-refractivity contribution in [3.8, 4) is 5.75 Å². The third-order valence-electron chi connectivity index (χ3n) is 3.36. The van der Waals surface area contributed by atoms with Gasteiger partial charge in [-0.25, -0.2) is 14.2 Å². The maximum atomic E-state index is 14.0. The van der Waals surface area contributed by atoms with Crippen LogP contribution < -0.4 is 10.1 Å². The lowest BCUT2D eigenvalue weighted by atomic mass is 10.3. The average molecular weight is 320 g/mol. The molecule has 0 unspecified atom stereocenters. The van der Waals surface area contributed by atoms with Crippen LogP contribution in [0.3, 0.4) is 0 Å². The number of amides is 2. The molecule has 1 N–H and O–H groups in total. The SMILES string of the molecule is CCOc1ccc(NC(=O)N(C)Cc2nccn2CC)c(F)c1. The van der Waals surface area contributed by atoms with Gasteiger partial charge in [0.25, 0.3) is 0 Å². The van der Waals surface area contributed by atoms with E-state index in [1.807, 2.05) is 24.6 Å². The fourth-order valence-electron chi connectivity index (χ4n) is 2.13. The second-order valence-corrected chi connectivity index (χ2v) is 4.99. The third-order valence-corrected chi connectivity index (χ3v) is 3.36. The Kier molecular flexibility index (Phi) is 5.56. The molecule has 2 amide bonds. The summed E-state index contributed by atoms with van der Waals surface area (Å²) in [5.74, 6) is 0.673. The highest BCUT2D eigenvalue weighted by atomic mass is 19.1. The third kappa shape index (κ3) is 4.21. The second-order valence-electron chi connectivity index (χ2n) is 4.99. The van der Waals surface area contributed by atoms with Gasteiger partial charge in [-0.1, -0.05) is 0 Å². The molecule has 2 rings (SSSR count). The monoisotopic (exact) mass is 320 g/mol. The highest BCUT2D eigenvalue weighted by molar-refractivity contribution is 5.89. The van der Waals surface area contributed by atoms with Crippen molar-refractivity contribution in [2.75, 3.05) is 19.0 Å². The normalized spacial score (nSPS) is 10.4. The van der Waals surface area contributed by atoms with Crippen LogP contribution in [-0.4, -0.2) is 34.1 Å². The number of benzene rings is 1. The number of carbonyl (C=O) groups is 1. The Morgan fingerprint density at radius 2 is 2.22 bits per heavy atom. The van der Waals surface area contributed by atoms with E-state index in [4.69, 9.17) is 4.74 Å². The van der Waals surface area contributed by atoms with Crippen molar-refractivity contribution in [2.24, 2.45) is 0 Å². The highest BCUT2D eigenvalue weighted by Crippen LogP contribution is 2.21. The molecule has 1 aromatic heterocycles. The van der Waals surface area contributed by atoms with E-state index < -0.39 is 11.8 Å². The Morgan fingerprint density at radius 3 is 2.87 bits per heavy atom. The number of anilines is 1. The van der Waals surface area contributed by atoms with Crippen molar-refractivity contribution in [1.82, 2.24) is 14.5 Å². The molecule has 0 aliphatic carbocycles. The molecule has 0 atom stereocenters. The molecular weight excluding hydrogens is 299 g/mol. The van der Waals surface area contributed by atoms with E-state index in [9.17, 15) is 9.18 Å². The van der Waals surface area contributed by atoms with Crippen LogP contribution in [0.2, 0.25) is 0 Å². The number of nitrogens with one attached hydrogen (secondary N) is 1. The van der Waals surface area contributed by atoms with Crippen molar-refractivity contribution >= 4 is 11.7 Å². The van der Waals surface area contributed by atoms with Crippen molar-refractivity contribution in [2.45, 2.75) is 26.9 Å². The summed E-state index contributed by atoms with van der Waals surface area (Å²) >= 11 is 0. The van der Waals surface area contributed by atoms with Crippen LogP contribution in [0.4, 0.5) is 14.9 Å². The highest BCUT2D eigenvalue weighted by Gasteiger charge is 2.14. The molecule has 0 spiro atoms. The lowest BCUT2D eigenvalue weighted by Crippen LogP contribution is -2.32. The molecule has 0 saturated heterocycles. The summed E-state index contributed by atoms with van der Waals surface area (Å²) in [7, 11) is 1.64. The first-order valence-corrected chi connectivity index (χ1v) is 7.49. The van der Waals surface area contributed by atoms with E-state index in [1.165, 1.54) is 17.0 Å². The first kappa shape index (κ1) is 16.8. The standard InChI is InChI=1S/C16H21FN4O2/c1-4-21-9-8-18-15(21)11-20(3)16(22)19-14-7-6-12(23-5-2)10-13(14)17/h6-10H,4-5,11H2,1-3H3,(H,19,22). The number of hydrogen-bond donors (Lipinski definition) is 1. The van der Waals surface area contributed by atoms with Gasteiger partial charge in [0.15, 0.2) is 0 Å². The smallest absolute Gasteiger partial charge is 0.322 e. The molecule has 7 heteroatoms. The first-order valence-electron chi connectivity index (χ1n) is 7.49. The molecule has 0 bridgehead atoms. The molecule has 6 nitrogen and oxygen atoms in total. The number of halogens is 1. The molecule has 124 valence electrons. The van der Waals surface area contributed by atoms with Crippen molar-refractivity contribution in [3.05, 3.63) is 42.2 Å². The Labute approximate surface area is 134 Å². The summed E-state index contributed by atoms with van der Waals surface area (Å²) in [4.78, 5) is 17.8. The average Bonchev–Trinajstić information content (AvgIpc) is 2.97. The number of carbonyl (C=O) groups excluding carboxylic acids is 1. The lowest BCUT2D eigenvalue weighted by Gasteiger charge is -2.18. The fourth-order valence-corrected chi connectivity index (χ4v) is 2.13. The number of aromatic nitrogens is 2. The summed E-state index contributed by atoms with van der Waals surface area (Å²) in [6.45, 7) is 5.39. The number of ether oxygens (including phenoxy) is 1. The summed E-state index contributed by atoms with van der Waals surface area (Å²) in [6.07, 6.45) is 3.55. The largest absolute Gasteiger partial charge is 0.494 e. The number of imidazole rings is 1. The Hall–Kier alpha value is -2.57. The number of hydrogen-bond acceptors (Lipinski definition) is 3. The molecule has 0 saturated carbocycles. The van der Waals surface area contributed by atoms with Crippen molar-refractivity contribution < 1.29 is 13.9 Å². The lowest BCUT2D eigenvalue weighted by molar-refractivity contribution is 0.219. The van der Waals surface area contributed by atoms with Crippen LogP contribution in [0.25, 0.3) is 0 Å². The summed E-state index contributed by atoms with van der Waals surface area (Å²) in [5, 5.41) is 2.55. The Bertz CT molecular complexity index is 672. The van der Waals surface area contributed by atoms with Crippen LogP contribution in [0.15, 0.2) is 30.6 Å². The van der Waals surface area contributed by atoms with Gasteiger partial charge in [-0.2, -0.15) is 0 Å². The molecule has 2 aromatic rings. The zero-order chi connectivity index (χ0) is 16.8. The van der Waals surface area contributed by atoms with Crippen LogP contribution >= 0.6 is 0 Å². The second kappa shape index (κ2) is 7.62. The van der Waals surface area contributed by atoms with Crippen molar-refractivity contribution in [1.29, 1.82) is 0 Å². The van der Waals surface area contributed by atoms with Gasteiger partial charge in [0.1, 0.15) is 17.4 Å². The van der Waals surface area contributed by atoms with Crippen LogP contribution in [0.1, 0.15) is 19.7 Å². The maximum absolute atomic E-state index is 14.0. The van der Waals surface area contributed by atoms with E-state index in [0.717, 1.165) is 12.4 Å². The topological polar surface area (TPSA) is 59.4 Å². The first-order chi connectivity index (χ1) is 11.0. The van der Waals surface area contributed by atoms with Gasteiger partial charge in [-0.05, 0) is 26.0 Å². The van der Waals surface area contributed by atoms with Gasteiger partial charge in [0.2, 0.25) is 0 Å². The van der Waals surface area contributed by atoms with Gasteiger partial charge >= 0.3 is 6.03 Å². The molecule has 1 heterocycles. The van der Waals surface area contributed by atoms with E-state index in [-0.39, 0.29) is 5.69 Å². The van der Waals surface area contributed by atoms with Gasteiger partial charge in [0.05, 0.1) is 18.8 Å². The number of nitrogens with zero attached hydrogens (tertiary/aromatic N) is 3. The van der Waals surface area contributed by atoms with Gasteiger partial charge in [0, 0.05) is 32.1 Å². The molecule has 0 aliphatic heterocycles. The summed E-state index contributed by atoms with van der Waals surface area (Å²) in [5.41, 5.74) is 0.115. The molecule has 0 radical (unpaired) electrons. The number of urea groups is 1. The van der Waals surface area contributed by atoms with Crippen molar-refractivity contribution in [3.63, 3.8) is 0 Å². The minimum Gasteiger partial charge on any atom is -0.494 e. The van der Waals surface area contributed by atoms with Crippen LogP contribution in [0, 0.1) is 5.82 Å². The quantitative estimate of drug-likeness (QED) is 0.889. The van der Waals surface area contributed by atoms with Gasteiger partial charge in [-0.3, -0.25) is 0 Å². The summed E-state index contributed by atoms with van der Waals surface area (Å²) in [6, 6.07) is 3.95. The molecule has 0 fully saturated rings. The summed E-state index contributed by atoms with van der Waals surface area (Å²) < 4.78 is 21.1. The molecular formula is C16H21FN4O2. The fraction of sp³-hybridized carbons (Fsp3) is 0.375. The molecule has 0 aliphatic rings. The van der Waals surface area contributed by atoms with Crippen LogP contribution in [-0.2, 0) is 13.1 Å². The predicted molar refractivity (Wildman–Crippen MR) is 86.0 cm³/mol. The number of aryl methyl sites for hydroxylation is 1. The Morgan fingerprint density at radius 1 is 1.43 bits per heavy atom. The Balaban J connectivity index is 2.01. The van der Waals surface area contributed by atoms with E-state index in [2.05, 4.69) is 10.3 Å². The number of rotatable bonds is 6. The van der Waals surface area contributed by atoms with E-state index in [0.29, 0.717) is 18.9 Å². The zero-order valence-electron chi connectivity index (χ0n) is 13.5. The molecule has 1 aromatic carbocycles. The van der Waals surface area contributed by atoms with Gasteiger partial charge < -0.3 is 19.5 Å². The molecule has 23 heavy (non-hydrogen) atoms. The van der Waals surface area contributed by atoms with E-state index >= 15 is 0 Å². The van der Waals surface area contributed by atoms with E-state index in [1.54, 1.807) is 19.3 Å². The minimum absolute atomic E-state index is 0.115. The zero-order valence-corrected chi connectivity index (χ0v) is 13.5. The van der Waals surface area contributed by atoms with Gasteiger partial charge in [-0.15, -0.1) is 0 Å². The van der Waals surface area contributed by atoms with Crippen LogP contribution in [0.5, 0.6) is 5.75 Å². The minimum atomic E-state index is -0.534. The maximum Gasteiger partial charge on any atom is 0.322 e. The predicted octanol–water partition coefficient (Wildman–Crippen LogP) is 3.10.